The summed E-state index contributed by atoms with van der Waals surface area (Å²) in [6, 6.07) is 6.90. The molecular formula is C15H23ClN2O2. The first kappa shape index (κ1) is 16.8. The number of urea groups is 1. The minimum absolute atomic E-state index is 0.0886. The molecule has 2 amide bonds. The lowest BCUT2D eigenvalue weighted by Crippen LogP contribution is -2.52. The van der Waals surface area contributed by atoms with Gasteiger partial charge < -0.3 is 15.7 Å². The lowest BCUT2D eigenvalue weighted by Gasteiger charge is -2.29. The van der Waals surface area contributed by atoms with Crippen molar-refractivity contribution in [3.05, 3.63) is 34.9 Å². The summed E-state index contributed by atoms with van der Waals surface area (Å²) in [7, 11) is 0. The quantitative estimate of drug-likeness (QED) is 0.755. The summed E-state index contributed by atoms with van der Waals surface area (Å²) < 4.78 is 0. The number of rotatable bonds is 6. The fourth-order valence-electron chi connectivity index (χ4n) is 2.14. The van der Waals surface area contributed by atoms with Crippen molar-refractivity contribution in [1.82, 2.24) is 10.6 Å². The van der Waals surface area contributed by atoms with Crippen molar-refractivity contribution in [1.29, 1.82) is 0 Å². The van der Waals surface area contributed by atoms with E-state index in [1.54, 1.807) is 6.07 Å². The molecule has 5 heteroatoms. The summed E-state index contributed by atoms with van der Waals surface area (Å²) in [5, 5.41) is 15.7. The first-order valence-electron chi connectivity index (χ1n) is 6.86. The zero-order valence-corrected chi connectivity index (χ0v) is 13.0. The summed E-state index contributed by atoms with van der Waals surface area (Å²) in [6.45, 7) is 5.63. The van der Waals surface area contributed by atoms with Crippen LogP contribution in [0.1, 0.15) is 45.2 Å². The number of carbonyl (C=O) groups is 1. The van der Waals surface area contributed by atoms with E-state index in [1.807, 2.05) is 39.0 Å². The highest BCUT2D eigenvalue weighted by molar-refractivity contribution is 6.31. The standard InChI is InChI=1S/C15H23ClN2O2/c1-4-9-15(3,10-19)18-14(20)17-11(2)12-7-5-6-8-13(12)16/h5-8,11,19H,4,9-10H2,1-3H3,(H2,17,18,20). The predicted octanol–water partition coefficient (Wildman–Crippen LogP) is 3.25. The Labute approximate surface area is 125 Å². The van der Waals surface area contributed by atoms with Crippen LogP contribution in [0, 0.1) is 0 Å². The third-order valence-electron chi connectivity index (χ3n) is 3.29. The molecule has 0 aromatic heterocycles. The second-order valence-electron chi connectivity index (χ2n) is 5.31. The minimum Gasteiger partial charge on any atom is -0.394 e. The highest BCUT2D eigenvalue weighted by Gasteiger charge is 2.25. The van der Waals surface area contributed by atoms with Crippen LogP contribution in [0.2, 0.25) is 5.02 Å². The van der Waals surface area contributed by atoms with Crippen LogP contribution < -0.4 is 10.6 Å². The fourth-order valence-corrected chi connectivity index (χ4v) is 2.44. The summed E-state index contributed by atoms with van der Waals surface area (Å²) in [5.74, 6) is 0. The molecule has 1 aromatic rings. The van der Waals surface area contributed by atoms with Crippen LogP contribution in [0.3, 0.4) is 0 Å². The summed E-state index contributed by atoms with van der Waals surface area (Å²) in [6.07, 6.45) is 1.61. The number of amides is 2. The number of aliphatic hydroxyl groups excluding tert-OH is 1. The zero-order valence-electron chi connectivity index (χ0n) is 12.2. The molecule has 0 saturated carbocycles. The molecule has 2 unspecified atom stereocenters. The van der Waals surface area contributed by atoms with Crippen LogP contribution in [0.15, 0.2) is 24.3 Å². The molecule has 0 spiro atoms. The lowest BCUT2D eigenvalue weighted by molar-refractivity contribution is 0.162. The zero-order chi connectivity index (χ0) is 15.2. The molecule has 1 rings (SSSR count). The molecule has 0 heterocycles. The van der Waals surface area contributed by atoms with Crippen molar-refractivity contribution in [2.24, 2.45) is 0 Å². The van der Waals surface area contributed by atoms with Crippen molar-refractivity contribution in [2.45, 2.75) is 45.2 Å². The number of aliphatic hydroxyl groups is 1. The summed E-state index contributed by atoms with van der Waals surface area (Å²) in [5.41, 5.74) is 0.268. The van der Waals surface area contributed by atoms with Gasteiger partial charge >= 0.3 is 6.03 Å². The number of halogens is 1. The van der Waals surface area contributed by atoms with E-state index in [1.165, 1.54) is 0 Å². The first-order chi connectivity index (χ1) is 9.41. The Balaban J connectivity index is 2.64. The highest BCUT2D eigenvalue weighted by atomic mass is 35.5. The molecule has 20 heavy (non-hydrogen) atoms. The van der Waals surface area contributed by atoms with Crippen LogP contribution in [-0.4, -0.2) is 23.3 Å². The van der Waals surface area contributed by atoms with Crippen LogP contribution in [0.5, 0.6) is 0 Å². The summed E-state index contributed by atoms with van der Waals surface area (Å²) in [4.78, 5) is 12.0. The second-order valence-corrected chi connectivity index (χ2v) is 5.72. The molecule has 3 N–H and O–H groups in total. The van der Waals surface area contributed by atoms with Gasteiger partial charge in [0.25, 0.3) is 0 Å². The maximum absolute atomic E-state index is 12.0. The normalized spacial score (nSPS) is 15.2. The molecule has 0 radical (unpaired) electrons. The molecule has 0 aliphatic carbocycles. The van der Waals surface area contributed by atoms with Gasteiger partial charge in [0, 0.05) is 5.02 Å². The van der Waals surface area contributed by atoms with E-state index in [9.17, 15) is 9.90 Å². The van der Waals surface area contributed by atoms with Crippen LogP contribution in [0.25, 0.3) is 0 Å². The molecule has 0 aliphatic heterocycles. The number of benzene rings is 1. The third kappa shape index (κ3) is 4.69. The van der Waals surface area contributed by atoms with Gasteiger partial charge in [-0.05, 0) is 31.9 Å². The van der Waals surface area contributed by atoms with Crippen LogP contribution in [-0.2, 0) is 0 Å². The average Bonchev–Trinajstić information content (AvgIpc) is 2.39. The van der Waals surface area contributed by atoms with Crippen LogP contribution >= 0.6 is 11.6 Å². The Morgan fingerprint density at radius 2 is 2.10 bits per heavy atom. The van der Waals surface area contributed by atoms with Crippen molar-refractivity contribution < 1.29 is 9.90 Å². The van der Waals surface area contributed by atoms with E-state index in [0.29, 0.717) is 5.02 Å². The van der Waals surface area contributed by atoms with E-state index in [0.717, 1.165) is 18.4 Å². The fraction of sp³-hybridized carbons (Fsp3) is 0.533. The maximum atomic E-state index is 12.0. The Bertz CT molecular complexity index is 453. The van der Waals surface area contributed by atoms with Crippen LogP contribution in [0.4, 0.5) is 4.79 Å². The third-order valence-corrected chi connectivity index (χ3v) is 3.63. The first-order valence-corrected chi connectivity index (χ1v) is 7.23. The van der Waals surface area contributed by atoms with E-state index in [4.69, 9.17) is 11.6 Å². The smallest absolute Gasteiger partial charge is 0.315 e. The van der Waals surface area contributed by atoms with E-state index in [2.05, 4.69) is 10.6 Å². The Hall–Kier alpha value is -1.26. The maximum Gasteiger partial charge on any atom is 0.315 e. The van der Waals surface area contributed by atoms with Gasteiger partial charge in [0.1, 0.15) is 0 Å². The topological polar surface area (TPSA) is 61.4 Å². The van der Waals surface area contributed by atoms with Gasteiger partial charge in [-0.15, -0.1) is 0 Å². The highest BCUT2D eigenvalue weighted by Crippen LogP contribution is 2.22. The molecular weight excluding hydrogens is 276 g/mol. The molecule has 0 aliphatic rings. The molecule has 112 valence electrons. The van der Waals surface area contributed by atoms with Crippen molar-refractivity contribution >= 4 is 17.6 Å². The molecule has 1 aromatic carbocycles. The number of hydrogen-bond donors (Lipinski definition) is 3. The van der Waals surface area contributed by atoms with Gasteiger partial charge in [-0.2, -0.15) is 0 Å². The van der Waals surface area contributed by atoms with Gasteiger partial charge in [-0.3, -0.25) is 0 Å². The Morgan fingerprint density at radius 3 is 2.65 bits per heavy atom. The second kappa shape index (κ2) is 7.50. The SMILES string of the molecule is CCCC(C)(CO)NC(=O)NC(C)c1ccccc1Cl. The number of nitrogens with one attached hydrogen (secondary N) is 2. The summed E-state index contributed by atoms with van der Waals surface area (Å²) >= 11 is 6.10. The average molecular weight is 299 g/mol. The van der Waals surface area contributed by atoms with Crippen molar-refractivity contribution in [3.8, 4) is 0 Å². The molecule has 2 atom stereocenters. The van der Waals surface area contributed by atoms with E-state index < -0.39 is 5.54 Å². The van der Waals surface area contributed by atoms with E-state index in [-0.39, 0.29) is 18.7 Å². The lowest BCUT2D eigenvalue weighted by atomic mass is 9.97. The van der Waals surface area contributed by atoms with Gasteiger partial charge in [0.2, 0.25) is 0 Å². The molecule has 0 bridgehead atoms. The molecule has 0 saturated heterocycles. The Kier molecular flexibility index (Phi) is 6.30. The monoisotopic (exact) mass is 298 g/mol. The van der Waals surface area contributed by atoms with Gasteiger partial charge in [0.15, 0.2) is 0 Å². The van der Waals surface area contributed by atoms with Gasteiger partial charge in [0.05, 0.1) is 18.2 Å². The van der Waals surface area contributed by atoms with E-state index >= 15 is 0 Å². The van der Waals surface area contributed by atoms with Crippen molar-refractivity contribution in [3.63, 3.8) is 0 Å². The Morgan fingerprint density at radius 1 is 1.45 bits per heavy atom. The minimum atomic E-state index is -0.598. The van der Waals surface area contributed by atoms with Gasteiger partial charge in [-0.25, -0.2) is 4.79 Å². The van der Waals surface area contributed by atoms with Gasteiger partial charge in [-0.1, -0.05) is 43.1 Å². The van der Waals surface area contributed by atoms with Crippen molar-refractivity contribution in [2.75, 3.05) is 6.61 Å². The predicted molar refractivity (Wildman–Crippen MR) is 81.9 cm³/mol. The number of hydrogen-bond acceptors (Lipinski definition) is 2. The number of carbonyl (C=O) groups excluding carboxylic acids is 1. The largest absolute Gasteiger partial charge is 0.394 e. The molecule has 4 nitrogen and oxygen atoms in total. The molecule has 0 fully saturated rings.